The zero-order chi connectivity index (χ0) is 13.0. The van der Waals surface area contributed by atoms with Gasteiger partial charge in [-0.2, -0.15) is 0 Å². The van der Waals surface area contributed by atoms with E-state index in [1.54, 1.807) is 0 Å². The third kappa shape index (κ3) is 2.75. The van der Waals surface area contributed by atoms with Gasteiger partial charge in [-0.1, -0.05) is 19.3 Å². The Morgan fingerprint density at radius 3 is 2.72 bits per heavy atom. The summed E-state index contributed by atoms with van der Waals surface area (Å²) in [7, 11) is 2.02. The van der Waals surface area contributed by atoms with Crippen LogP contribution in [0.2, 0.25) is 0 Å². The Hall–Kier alpha value is -0.870. The Morgan fingerprint density at radius 1 is 1.44 bits per heavy atom. The van der Waals surface area contributed by atoms with E-state index < -0.39 is 0 Å². The molecular formula is C14H25N3O. The molecule has 1 unspecified atom stereocenters. The molecule has 1 aromatic heterocycles. The second-order valence-electron chi connectivity index (χ2n) is 5.32. The van der Waals surface area contributed by atoms with Crippen LogP contribution in [0.3, 0.4) is 0 Å². The molecule has 0 amide bonds. The zero-order valence-corrected chi connectivity index (χ0v) is 11.6. The highest BCUT2D eigenvalue weighted by Gasteiger charge is 2.39. The van der Waals surface area contributed by atoms with E-state index in [0.29, 0.717) is 0 Å². The Bertz CT molecular complexity index is 363. The maximum absolute atomic E-state index is 6.45. The summed E-state index contributed by atoms with van der Waals surface area (Å²) < 4.78 is 8.10. The minimum absolute atomic E-state index is 0.0406. The third-order valence-corrected chi connectivity index (χ3v) is 4.13. The van der Waals surface area contributed by atoms with Gasteiger partial charge in [0.15, 0.2) is 0 Å². The highest BCUT2D eigenvalue weighted by Crippen LogP contribution is 2.34. The fourth-order valence-corrected chi connectivity index (χ4v) is 3.04. The van der Waals surface area contributed by atoms with E-state index in [-0.39, 0.29) is 11.6 Å². The number of ether oxygens (including phenoxy) is 1. The Balaban J connectivity index is 2.08. The van der Waals surface area contributed by atoms with Crippen molar-refractivity contribution in [3.63, 3.8) is 0 Å². The van der Waals surface area contributed by atoms with E-state index in [0.717, 1.165) is 31.7 Å². The summed E-state index contributed by atoms with van der Waals surface area (Å²) in [5, 5.41) is 0. The lowest BCUT2D eigenvalue weighted by Gasteiger charge is -2.41. The molecule has 1 aromatic rings. The lowest BCUT2D eigenvalue weighted by Crippen LogP contribution is -2.52. The molecule has 1 fully saturated rings. The van der Waals surface area contributed by atoms with Crippen LogP contribution in [-0.2, 0) is 18.2 Å². The number of aryl methyl sites for hydroxylation is 1. The molecule has 0 spiro atoms. The number of imidazole rings is 1. The lowest BCUT2D eigenvalue weighted by atomic mass is 9.78. The second kappa shape index (κ2) is 5.85. The molecule has 1 heterocycles. The quantitative estimate of drug-likeness (QED) is 0.871. The maximum atomic E-state index is 6.45. The summed E-state index contributed by atoms with van der Waals surface area (Å²) in [5.74, 6) is 1.05. The average Bonchev–Trinajstić information content (AvgIpc) is 2.76. The second-order valence-corrected chi connectivity index (χ2v) is 5.32. The predicted octanol–water partition coefficient (Wildman–Crippen LogP) is 2.03. The van der Waals surface area contributed by atoms with E-state index in [9.17, 15) is 0 Å². The van der Waals surface area contributed by atoms with Crippen LogP contribution in [0.1, 0.15) is 44.9 Å². The molecule has 0 aliphatic heterocycles. The Morgan fingerprint density at radius 2 is 2.17 bits per heavy atom. The van der Waals surface area contributed by atoms with E-state index in [1.807, 2.05) is 24.0 Å². The van der Waals surface area contributed by atoms with Crippen molar-refractivity contribution >= 4 is 0 Å². The fraction of sp³-hybridized carbons (Fsp3) is 0.786. The first-order valence-corrected chi connectivity index (χ1v) is 7.03. The van der Waals surface area contributed by atoms with Gasteiger partial charge in [0.1, 0.15) is 5.82 Å². The monoisotopic (exact) mass is 251 g/mol. The van der Waals surface area contributed by atoms with Crippen molar-refractivity contribution in [2.24, 2.45) is 12.8 Å². The standard InChI is InChI=1S/C14H25N3O/c1-3-18-14(7-5-4-6-8-14)12(15)11-13-16-9-10-17(13)2/h9-10,12H,3-8,11,15H2,1-2H3. The van der Waals surface area contributed by atoms with Gasteiger partial charge in [0.25, 0.3) is 0 Å². The van der Waals surface area contributed by atoms with Crippen molar-refractivity contribution in [3.05, 3.63) is 18.2 Å². The Labute approximate surface area is 110 Å². The van der Waals surface area contributed by atoms with Crippen LogP contribution in [0.15, 0.2) is 12.4 Å². The van der Waals surface area contributed by atoms with Crippen LogP contribution < -0.4 is 5.73 Å². The lowest BCUT2D eigenvalue weighted by molar-refractivity contribution is -0.0821. The minimum atomic E-state index is -0.126. The first kappa shape index (κ1) is 13.6. The number of hydrogen-bond acceptors (Lipinski definition) is 3. The van der Waals surface area contributed by atoms with Gasteiger partial charge in [-0.3, -0.25) is 0 Å². The van der Waals surface area contributed by atoms with E-state index in [2.05, 4.69) is 11.9 Å². The van der Waals surface area contributed by atoms with Gasteiger partial charge in [-0.15, -0.1) is 0 Å². The first-order chi connectivity index (χ1) is 8.68. The number of aromatic nitrogens is 2. The largest absolute Gasteiger partial charge is 0.374 e. The van der Waals surface area contributed by atoms with Crippen molar-refractivity contribution in [3.8, 4) is 0 Å². The van der Waals surface area contributed by atoms with Gasteiger partial charge >= 0.3 is 0 Å². The van der Waals surface area contributed by atoms with Gasteiger partial charge in [-0.25, -0.2) is 4.98 Å². The van der Waals surface area contributed by atoms with Crippen LogP contribution in [0.4, 0.5) is 0 Å². The molecule has 18 heavy (non-hydrogen) atoms. The molecule has 0 bridgehead atoms. The average molecular weight is 251 g/mol. The van der Waals surface area contributed by atoms with E-state index in [4.69, 9.17) is 10.5 Å². The fourth-order valence-electron chi connectivity index (χ4n) is 3.04. The number of hydrogen-bond donors (Lipinski definition) is 1. The van der Waals surface area contributed by atoms with Crippen LogP contribution in [-0.4, -0.2) is 27.8 Å². The molecule has 0 radical (unpaired) electrons. The molecule has 1 saturated carbocycles. The molecular weight excluding hydrogens is 226 g/mol. The van der Waals surface area contributed by atoms with Gasteiger partial charge < -0.3 is 15.0 Å². The molecule has 0 saturated heterocycles. The zero-order valence-electron chi connectivity index (χ0n) is 11.6. The van der Waals surface area contributed by atoms with Gasteiger partial charge in [-0.05, 0) is 19.8 Å². The smallest absolute Gasteiger partial charge is 0.110 e. The first-order valence-electron chi connectivity index (χ1n) is 7.03. The molecule has 1 aliphatic carbocycles. The SMILES string of the molecule is CCOC1(C(N)Cc2nccn2C)CCCCC1. The molecule has 102 valence electrons. The summed E-state index contributed by atoms with van der Waals surface area (Å²) in [5.41, 5.74) is 6.33. The highest BCUT2D eigenvalue weighted by atomic mass is 16.5. The topological polar surface area (TPSA) is 53.1 Å². The van der Waals surface area contributed by atoms with Crippen LogP contribution in [0, 0.1) is 0 Å². The molecule has 1 aliphatic rings. The summed E-state index contributed by atoms with van der Waals surface area (Å²) in [6, 6.07) is 0.0406. The number of nitrogens with zero attached hydrogens (tertiary/aromatic N) is 2. The van der Waals surface area contributed by atoms with Crippen molar-refractivity contribution in [2.45, 2.75) is 57.1 Å². The summed E-state index contributed by atoms with van der Waals surface area (Å²) in [4.78, 5) is 4.37. The van der Waals surface area contributed by atoms with Crippen molar-refractivity contribution in [2.75, 3.05) is 6.61 Å². The number of nitrogens with two attached hydrogens (primary N) is 1. The summed E-state index contributed by atoms with van der Waals surface area (Å²) >= 11 is 0. The van der Waals surface area contributed by atoms with Crippen LogP contribution >= 0.6 is 0 Å². The van der Waals surface area contributed by atoms with E-state index in [1.165, 1.54) is 19.3 Å². The summed E-state index contributed by atoms with van der Waals surface area (Å²) in [6.07, 6.45) is 10.5. The molecule has 0 aromatic carbocycles. The minimum Gasteiger partial charge on any atom is -0.374 e. The van der Waals surface area contributed by atoms with Gasteiger partial charge in [0, 0.05) is 38.5 Å². The molecule has 2 N–H and O–H groups in total. The molecule has 1 atom stereocenters. The van der Waals surface area contributed by atoms with E-state index >= 15 is 0 Å². The van der Waals surface area contributed by atoms with Gasteiger partial charge in [0.2, 0.25) is 0 Å². The normalized spacial score (nSPS) is 20.8. The molecule has 4 nitrogen and oxygen atoms in total. The van der Waals surface area contributed by atoms with Crippen molar-refractivity contribution < 1.29 is 4.74 Å². The molecule has 4 heteroatoms. The van der Waals surface area contributed by atoms with Crippen molar-refractivity contribution in [1.29, 1.82) is 0 Å². The Kier molecular flexibility index (Phi) is 4.40. The van der Waals surface area contributed by atoms with Crippen LogP contribution in [0.5, 0.6) is 0 Å². The van der Waals surface area contributed by atoms with Gasteiger partial charge in [0.05, 0.1) is 5.60 Å². The summed E-state index contributed by atoms with van der Waals surface area (Å²) in [6.45, 7) is 2.80. The highest BCUT2D eigenvalue weighted by molar-refractivity contribution is 5.02. The third-order valence-electron chi connectivity index (χ3n) is 4.13. The predicted molar refractivity (Wildman–Crippen MR) is 72.3 cm³/mol. The molecule has 2 rings (SSSR count). The van der Waals surface area contributed by atoms with Crippen LogP contribution in [0.25, 0.3) is 0 Å². The van der Waals surface area contributed by atoms with Crippen molar-refractivity contribution in [1.82, 2.24) is 9.55 Å². The number of rotatable bonds is 5. The maximum Gasteiger partial charge on any atom is 0.110 e.